The molecule has 1 aliphatic rings. The van der Waals surface area contributed by atoms with E-state index in [1.165, 1.54) is 6.07 Å². The summed E-state index contributed by atoms with van der Waals surface area (Å²) in [7, 11) is 5.84. The molecule has 1 aliphatic heterocycles. The highest BCUT2D eigenvalue weighted by atomic mass is 19.1. The van der Waals surface area contributed by atoms with Gasteiger partial charge in [-0.1, -0.05) is 18.2 Å². The lowest BCUT2D eigenvalue weighted by Crippen LogP contribution is -2.51. The number of likely N-dealkylation sites (N-methyl/N-ethyl adjacent to an activating group) is 1. The SMILES string of the molecule is CN(C)C[C@@H]1OCCN(C(=O)CCc2ccccc2F)[C@H]1c1cnn(C)c1. The minimum Gasteiger partial charge on any atom is -0.373 e. The van der Waals surface area contributed by atoms with Crippen LogP contribution in [-0.4, -0.2) is 65.4 Å². The van der Waals surface area contributed by atoms with Crippen LogP contribution in [-0.2, 0) is 23.0 Å². The van der Waals surface area contributed by atoms with E-state index in [0.717, 1.165) is 5.56 Å². The minimum absolute atomic E-state index is 0.0131. The van der Waals surface area contributed by atoms with Gasteiger partial charge in [0.1, 0.15) is 5.82 Å². The van der Waals surface area contributed by atoms with Gasteiger partial charge < -0.3 is 14.5 Å². The van der Waals surface area contributed by atoms with E-state index in [0.29, 0.717) is 31.7 Å². The van der Waals surface area contributed by atoms with E-state index < -0.39 is 0 Å². The Morgan fingerprint density at radius 1 is 1.37 bits per heavy atom. The van der Waals surface area contributed by atoms with E-state index in [4.69, 9.17) is 4.74 Å². The van der Waals surface area contributed by atoms with Crippen molar-refractivity contribution in [2.75, 3.05) is 33.8 Å². The summed E-state index contributed by atoms with van der Waals surface area (Å²) >= 11 is 0. The quantitative estimate of drug-likeness (QED) is 0.776. The Morgan fingerprint density at radius 3 is 2.81 bits per heavy atom. The number of ether oxygens (including phenoxy) is 1. The molecule has 1 aromatic carbocycles. The third-order valence-electron chi connectivity index (χ3n) is 4.85. The Labute approximate surface area is 159 Å². The number of benzene rings is 1. The maximum absolute atomic E-state index is 13.9. The first-order chi connectivity index (χ1) is 13.0. The summed E-state index contributed by atoms with van der Waals surface area (Å²) in [5.74, 6) is -0.249. The van der Waals surface area contributed by atoms with Crippen molar-refractivity contribution in [3.8, 4) is 0 Å². The number of nitrogens with zero attached hydrogens (tertiary/aromatic N) is 4. The molecular formula is C20H27FN4O2. The lowest BCUT2D eigenvalue weighted by molar-refractivity contribution is -0.148. The third-order valence-corrected chi connectivity index (χ3v) is 4.85. The zero-order chi connectivity index (χ0) is 19.4. The molecule has 0 saturated carbocycles. The highest BCUT2D eigenvalue weighted by Crippen LogP contribution is 2.30. The van der Waals surface area contributed by atoms with Crippen LogP contribution >= 0.6 is 0 Å². The monoisotopic (exact) mass is 374 g/mol. The number of hydrogen-bond donors (Lipinski definition) is 0. The van der Waals surface area contributed by atoms with Crippen molar-refractivity contribution in [2.45, 2.75) is 25.0 Å². The molecule has 2 heterocycles. The minimum atomic E-state index is -0.262. The molecule has 0 unspecified atom stereocenters. The van der Waals surface area contributed by atoms with Crippen LogP contribution in [0.25, 0.3) is 0 Å². The number of halogens is 1. The molecule has 0 spiro atoms. The fourth-order valence-electron chi connectivity index (χ4n) is 3.60. The lowest BCUT2D eigenvalue weighted by atomic mass is 9.99. The van der Waals surface area contributed by atoms with Gasteiger partial charge in [-0.3, -0.25) is 9.48 Å². The van der Waals surface area contributed by atoms with Gasteiger partial charge in [-0.15, -0.1) is 0 Å². The second kappa shape index (κ2) is 8.63. The Hall–Kier alpha value is -2.25. The number of aryl methyl sites for hydroxylation is 2. The lowest BCUT2D eigenvalue weighted by Gasteiger charge is -2.42. The largest absolute Gasteiger partial charge is 0.373 e. The molecule has 146 valence electrons. The Morgan fingerprint density at radius 2 is 2.15 bits per heavy atom. The zero-order valence-electron chi connectivity index (χ0n) is 16.1. The van der Waals surface area contributed by atoms with Crippen LogP contribution in [0.4, 0.5) is 4.39 Å². The molecule has 0 bridgehead atoms. The van der Waals surface area contributed by atoms with Gasteiger partial charge in [0.2, 0.25) is 5.91 Å². The predicted octanol–water partition coefficient (Wildman–Crippen LogP) is 2.02. The van der Waals surface area contributed by atoms with Gasteiger partial charge >= 0.3 is 0 Å². The Bertz CT molecular complexity index is 777. The summed E-state index contributed by atoms with van der Waals surface area (Å²) in [4.78, 5) is 16.9. The summed E-state index contributed by atoms with van der Waals surface area (Å²) < 4.78 is 21.6. The predicted molar refractivity (Wildman–Crippen MR) is 101 cm³/mol. The Kier molecular flexibility index (Phi) is 6.23. The van der Waals surface area contributed by atoms with Gasteiger partial charge in [-0.05, 0) is 32.1 Å². The van der Waals surface area contributed by atoms with Gasteiger partial charge in [0.15, 0.2) is 0 Å². The van der Waals surface area contributed by atoms with Gasteiger partial charge in [0, 0.05) is 38.3 Å². The smallest absolute Gasteiger partial charge is 0.223 e. The highest BCUT2D eigenvalue weighted by Gasteiger charge is 2.37. The molecule has 27 heavy (non-hydrogen) atoms. The van der Waals surface area contributed by atoms with Gasteiger partial charge in [-0.25, -0.2) is 4.39 Å². The van der Waals surface area contributed by atoms with Crippen molar-refractivity contribution in [1.82, 2.24) is 19.6 Å². The van der Waals surface area contributed by atoms with Crippen molar-refractivity contribution < 1.29 is 13.9 Å². The van der Waals surface area contributed by atoms with Gasteiger partial charge in [0.25, 0.3) is 0 Å². The molecule has 2 aromatic rings. The van der Waals surface area contributed by atoms with Crippen LogP contribution in [0.2, 0.25) is 0 Å². The molecule has 1 fully saturated rings. The molecule has 1 saturated heterocycles. The molecule has 0 radical (unpaired) electrons. The van der Waals surface area contributed by atoms with Crippen LogP contribution in [0.15, 0.2) is 36.7 Å². The van der Waals surface area contributed by atoms with Crippen LogP contribution in [0, 0.1) is 5.82 Å². The van der Waals surface area contributed by atoms with E-state index >= 15 is 0 Å². The summed E-state index contributed by atoms with van der Waals surface area (Å²) in [6, 6.07) is 6.42. The van der Waals surface area contributed by atoms with Gasteiger partial charge in [0.05, 0.1) is 24.9 Å². The molecule has 7 heteroatoms. The van der Waals surface area contributed by atoms with E-state index in [1.54, 1.807) is 29.1 Å². The van der Waals surface area contributed by atoms with Crippen molar-refractivity contribution in [2.24, 2.45) is 7.05 Å². The first-order valence-electron chi connectivity index (χ1n) is 9.23. The molecule has 0 aliphatic carbocycles. The number of aromatic nitrogens is 2. The van der Waals surface area contributed by atoms with Crippen molar-refractivity contribution >= 4 is 5.91 Å². The number of carbonyl (C=O) groups is 1. The maximum Gasteiger partial charge on any atom is 0.223 e. The number of hydrogen-bond acceptors (Lipinski definition) is 4. The molecule has 2 atom stereocenters. The van der Waals surface area contributed by atoms with E-state index in [9.17, 15) is 9.18 Å². The Balaban J connectivity index is 1.77. The summed E-state index contributed by atoms with van der Waals surface area (Å²) in [6.07, 6.45) is 4.25. The number of amides is 1. The van der Waals surface area contributed by atoms with E-state index in [2.05, 4.69) is 10.00 Å². The zero-order valence-corrected chi connectivity index (χ0v) is 16.1. The van der Waals surface area contributed by atoms with Crippen molar-refractivity contribution in [3.05, 3.63) is 53.6 Å². The fourth-order valence-corrected chi connectivity index (χ4v) is 3.60. The van der Waals surface area contributed by atoms with Crippen molar-refractivity contribution in [3.63, 3.8) is 0 Å². The number of morpholine rings is 1. The molecular weight excluding hydrogens is 347 g/mol. The van der Waals surface area contributed by atoms with Crippen LogP contribution in [0.1, 0.15) is 23.6 Å². The fraction of sp³-hybridized carbons (Fsp3) is 0.500. The molecule has 1 aromatic heterocycles. The third kappa shape index (κ3) is 4.73. The van der Waals surface area contributed by atoms with E-state index in [1.807, 2.05) is 32.2 Å². The molecule has 3 rings (SSSR count). The van der Waals surface area contributed by atoms with Crippen LogP contribution in [0.3, 0.4) is 0 Å². The first-order valence-corrected chi connectivity index (χ1v) is 9.23. The standard InChI is InChI=1S/C20H27FN4O2/c1-23(2)14-18-20(16-12-22-24(3)13-16)25(10-11-27-18)19(26)9-8-15-6-4-5-7-17(15)21/h4-7,12-13,18,20H,8-11,14H2,1-3H3/t18-,20-/m0/s1. The van der Waals surface area contributed by atoms with Crippen LogP contribution < -0.4 is 0 Å². The first kappa shape index (κ1) is 19.5. The summed E-state index contributed by atoms with van der Waals surface area (Å²) in [5, 5.41) is 4.26. The average Bonchev–Trinajstić information content (AvgIpc) is 3.06. The summed E-state index contributed by atoms with van der Waals surface area (Å²) in [6.45, 7) is 1.73. The second-order valence-corrected chi connectivity index (χ2v) is 7.24. The average molecular weight is 374 g/mol. The van der Waals surface area contributed by atoms with Crippen molar-refractivity contribution in [1.29, 1.82) is 0 Å². The highest BCUT2D eigenvalue weighted by molar-refractivity contribution is 5.77. The topological polar surface area (TPSA) is 50.6 Å². The molecule has 0 N–H and O–H groups in total. The van der Waals surface area contributed by atoms with Crippen LogP contribution in [0.5, 0.6) is 0 Å². The van der Waals surface area contributed by atoms with E-state index in [-0.39, 0.29) is 30.3 Å². The second-order valence-electron chi connectivity index (χ2n) is 7.24. The normalized spacial score (nSPS) is 20.3. The maximum atomic E-state index is 13.9. The number of rotatable bonds is 6. The molecule has 1 amide bonds. The van der Waals surface area contributed by atoms with Gasteiger partial charge in [-0.2, -0.15) is 5.10 Å². The number of carbonyl (C=O) groups excluding carboxylic acids is 1. The summed E-state index contributed by atoms with van der Waals surface area (Å²) in [5.41, 5.74) is 1.53. The molecule has 6 nitrogen and oxygen atoms in total.